The number of benzene rings is 3. The number of nitrogens with zero attached hydrogens (tertiary/aromatic N) is 3. The lowest BCUT2D eigenvalue weighted by atomic mass is 9.78. The van der Waals surface area contributed by atoms with Crippen molar-refractivity contribution in [3.8, 4) is 0 Å². The molecule has 2 atom stereocenters. The lowest BCUT2D eigenvalue weighted by molar-refractivity contribution is -0.140. The fourth-order valence-electron chi connectivity index (χ4n) is 5.29. The van der Waals surface area contributed by atoms with E-state index in [9.17, 15) is 14.4 Å². The number of halogens is 2. The molecule has 1 saturated heterocycles. The maximum Gasteiger partial charge on any atom is 0.255 e. The normalized spacial score (nSPS) is 19.5. The number of rotatable bonds is 4. The summed E-state index contributed by atoms with van der Waals surface area (Å²) in [5.74, 6) is -0.778. The fraction of sp³-hybridized carbons (Fsp3) is 0.276. The summed E-state index contributed by atoms with van der Waals surface area (Å²) in [7, 11) is 0. The first kappa shape index (κ1) is 25.3. The van der Waals surface area contributed by atoms with Crippen molar-refractivity contribution in [1.82, 2.24) is 14.7 Å². The maximum atomic E-state index is 14.2. The second kappa shape index (κ2) is 10.6. The van der Waals surface area contributed by atoms with Crippen LogP contribution >= 0.6 is 23.2 Å². The largest absolute Gasteiger partial charge is 0.339 e. The van der Waals surface area contributed by atoms with Gasteiger partial charge in [0.1, 0.15) is 0 Å². The molecule has 3 aromatic rings. The maximum absolute atomic E-state index is 14.2. The summed E-state index contributed by atoms with van der Waals surface area (Å²) in [5.41, 5.74) is 3.00. The lowest BCUT2D eigenvalue weighted by Gasteiger charge is -2.44. The van der Waals surface area contributed by atoms with E-state index in [0.717, 1.165) is 16.7 Å². The number of amides is 3. The summed E-state index contributed by atoms with van der Waals surface area (Å²) in [6.07, 6.45) is 0. The van der Waals surface area contributed by atoms with E-state index < -0.39 is 12.0 Å². The van der Waals surface area contributed by atoms with Crippen molar-refractivity contribution in [2.45, 2.75) is 25.4 Å². The van der Waals surface area contributed by atoms with Crippen LogP contribution in [0.15, 0.2) is 72.8 Å². The van der Waals surface area contributed by atoms with Crippen molar-refractivity contribution >= 4 is 40.9 Å². The molecule has 2 aliphatic rings. The van der Waals surface area contributed by atoms with Crippen LogP contribution in [-0.2, 0) is 16.1 Å². The first-order chi connectivity index (χ1) is 17.8. The predicted molar refractivity (Wildman–Crippen MR) is 144 cm³/mol. The van der Waals surface area contributed by atoms with Gasteiger partial charge in [-0.1, -0.05) is 65.7 Å². The van der Waals surface area contributed by atoms with Gasteiger partial charge < -0.3 is 14.7 Å². The second-order valence-electron chi connectivity index (χ2n) is 9.45. The van der Waals surface area contributed by atoms with Crippen LogP contribution in [0, 0.1) is 0 Å². The molecule has 3 amide bonds. The summed E-state index contributed by atoms with van der Waals surface area (Å²) in [6.45, 7) is 3.76. The number of carbonyl (C=O) groups is 3. The second-order valence-corrected chi connectivity index (χ2v) is 10.3. The van der Waals surface area contributed by atoms with Crippen molar-refractivity contribution in [2.75, 3.05) is 26.2 Å². The number of carbonyl (C=O) groups excluding carboxylic acids is 3. The molecule has 0 N–H and O–H groups in total. The molecule has 37 heavy (non-hydrogen) atoms. The Balaban J connectivity index is 1.59. The Kier molecular flexibility index (Phi) is 7.22. The number of piperazine rings is 1. The minimum Gasteiger partial charge on any atom is -0.339 e. The minimum atomic E-state index is -0.605. The Bertz CT molecular complexity index is 1320. The average Bonchev–Trinajstić information content (AvgIpc) is 2.91. The smallest absolute Gasteiger partial charge is 0.255 e. The summed E-state index contributed by atoms with van der Waals surface area (Å²) >= 11 is 12.3. The van der Waals surface area contributed by atoms with Gasteiger partial charge in [0.15, 0.2) is 0 Å². The van der Waals surface area contributed by atoms with E-state index in [1.54, 1.807) is 47.1 Å². The zero-order valence-corrected chi connectivity index (χ0v) is 22.0. The van der Waals surface area contributed by atoms with Crippen molar-refractivity contribution in [3.05, 3.63) is 105 Å². The predicted octanol–water partition coefficient (Wildman–Crippen LogP) is 5.17. The van der Waals surface area contributed by atoms with E-state index in [4.69, 9.17) is 23.2 Å². The monoisotopic (exact) mass is 535 g/mol. The van der Waals surface area contributed by atoms with Gasteiger partial charge in [-0.05, 0) is 47.0 Å². The van der Waals surface area contributed by atoms with E-state index in [-0.39, 0.29) is 17.7 Å². The van der Waals surface area contributed by atoms with Gasteiger partial charge in [-0.15, -0.1) is 0 Å². The molecule has 0 bridgehead atoms. The van der Waals surface area contributed by atoms with E-state index in [2.05, 4.69) is 0 Å². The SMILES string of the molecule is CC(=O)N1CCN(C(=O)C2c3ccccc3C(=O)N(Cc3ccc(Cl)cc3)C2c2ccc(Cl)cc2)CC1. The quantitative estimate of drug-likeness (QED) is 0.463. The molecule has 0 aromatic heterocycles. The Hall–Kier alpha value is -3.35. The van der Waals surface area contributed by atoms with Crippen LogP contribution in [-0.4, -0.2) is 58.6 Å². The molecule has 6 nitrogen and oxygen atoms in total. The average molecular weight is 536 g/mol. The topological polar surface area (TPSA) is 60.9 Å². The third kappa shape index (κ3) is 5.09. The number of hydrogen-bond donors (Lipinski definition) is 0. The summed E-state index contributed by atoms with van der Waals surface area (Å²) in [6, 6.07) is 21.6. The van der Waals surface area contributed by atoms with Crippen LogP contribution < -0.4 is 0 Å². The molecule has 0 saturated carbocycles. The molecule has 2 aliphatic heterocycles. The Morgan fingerprint density at radius 1 is 0.811 bits per heavy atom. The fourth-order valence-corrected chi connectivity index (χ4v) is 5.54. The van der Waals surface area contributed by atoms with Gasteiger partial charge in [0.2, 0.25) is 11.8 Å². The molecular weight excluding hydrogens is 509 g/mol. The highest BCUT2D eigenvalue weighted by Crippen LogP contribution is 2.44. The van der Waals surface area contributed by atoms with Crippen molar-refractivity contribution in [1.29, 1.82) is 0 Å². The molecule has 2 heterocycles. The molecular formula is C29H27Cl2N3O3. The van der Waals surface area contributed by atoms with E-state index in [1.807, 2.05) is 47.4 Å². The van der Waals surface area contributed by atoms with Crippen molar-refractivity contribution in [2.24, 2.45) is 0 Å². The first-order valence-corrected chi connectivity index (χ1v) is 13.0. The summed E-state index contributed by atoms with van der Waals surface area (Å²) in [4.78, 5) is 45.3. The highest BCUT2D eigenvalue weighted by atomic mass is 35.5. The molecule has 0 aliphatic carbocycles. The van der Waals surface area contributed by atoms with Crippen LogP contribution in [0.3, 0.4) is 0 Å². The molecule has 2 unspecified atom stereocenters. The molecule has 5 rings (SSSR count). The van der Waals surface area contributed by atoms with Gasteiger partial charge in [0.05, 0.1) is 12.0 Å². The molecule has 0 spiro atoms. The van der Waals surface area contributed by atoms with Crippen molar-refractivity contribution in [3.63, 3.8) is 0 Å². The van der Waals surface area contributed by atoms with Gasteiger partial charge in [-0.2, -0.15) is 0 Å². The molecule has 1 fully saturated rings. The van der Waals surface area contributed by atoms with Crippen LogP contribution in [0.25, 0.3) is 0 Å². The van der Waals surface area contributed by atoms with Crippen LogP contribution in [0.1, 0.15) is 45.9 Å². The zero-order chi connectivity index (χ0) is 26.1. The lowest BCUT2D eigenvalue weighted by Crippen LogP contribution is -2.54. The van der Waals surface area contributed by atoms with E-state index >= 15 is 0 Å². The van der Waals surface area contributed by atoms with Gasteiger partial charge >= 0.3 is 0 Å². The molecule has 190 valence electrons. The Labute approximate surface area is 226 Å². The third-order valence-electron chi connectivity index (χ3n) is 7.22. The highest BCUT2D eigenvalue weighted by molar-refractivity contribution is 6.30. The first-order valence-electron chi connectivity index (χ1n) is 12.3. The number of fused-ring (bicyclic) bond motifs is 1. The molecule has 3 aromatic carbocycles. The zero-order valence-electron chi connectivity index (χ0n) is 20.4. The van der Waals surface area contributed by atoms with Gasteiger partial charge in [-0.25, -0.2) is 0 Å². The molecule has 8 heteroatoms. The Morgan fingerprint density at radius 2 is 1.38 bits per heavy atom. The highest BCUT2D eigenvalue weighted by Gasteiger charge is 2.45. The number of hydrogen-bond acceptors (Lipinski definition) is 3. The third-order valence-corrected chi connectivity index (χ3v) is 7.72. The van der Waals surface area contributed by atoms with E-state index in [1.165, 1.54) is 0 Å². The van der Waals surface area contributed by atoms with Gasteiger partial charge in [0, 0.05) is 55.3 Å². The van der Waals surface area contributed by atoms with Gasteiger partial charge in [0.25, 0.3) is 5.91 Å². The van der Waals surface area contributed by atoms with Crippen LogP contribution in [0.5, 0.6) is 0 Å². The van der Waals surface area contributed by atoms with Gasteiger partial charge in [-0.3, -0.25) is 14.4 Å². The Morgan fingerprint density at radius 3 is 2.00 bits per heavy atom. The molecule has 0 radical (unpaired) electrons. The van der Waals surface area contributed by atoms with Crippen LogP contribution in [0.2, 0.25) is 10.0 Å². The summed E-state index contributed by atoms with van der Waals surface area (Å²) in [5, 5.41) is 1.20. The minimum absolute atomic E-state index is 0.00823. The van der Waals surface area contributed by atoms with E-state index in [0.29, 0.717) is 48.3 Å². The van der Waals surface area contributed by atoms with Crippen LogP contribution in [0.4, 0.5) is 0 Å². The standard InChI is InChI=1S/C29H27Cl2N3O3/c1-19(35)32-14-16-33(17-15-32)29(37)26-24-4-2-3-5-25(24)28(36)34(18-20-6-10-22(30)11-7-20)27(26)21-8-12-23(31)13-9-21/h2-13,26-27H,14-18H2,1H3. The summed E-state index contributed by atoms with van der Waals surface area (Å²) < 4.78 is 0. The van der Waals surface area contributed by atoms with Crippen molar-refractivity contribution < 1.29 is 14.4 Å².